The van der Waals surface area contributed by atoms with E-state index in [0.717, 1.165) is 6.07 Å². The Morgan fingerprint density at radius 1 is 1.08 bits per heavy atom. The lowest BCUT2D eigenvalue weighted by Gasteiger charge is -2.09. The Labute approximate surface area is 143 Å². The zero-order valence-corrected chi connectivity index (χ0v) is 13.7. The number of halogens is 1. The predicted octanol–water partition coefficient (Wildman–Crippen LogP) is 2.83. The van der Waals surface area contributed by atoms with Crippen LogP contribution in [0, 0.1) is 5.82 Å². The summed E-state index contributed by atoms with van der Waals surface area (Å²) >= 11 is 0. The van der Waals surface area contributed by atoms with Crippen molar-refractivity contribution in [2.75, 3.05) is 19.0 Å². The molecule has 0 aliphatic heterocycles. The third-order valence-corrected chi connectivity index (χ3v) is 3.25. The topological polar surface area (TPSA) is 81.7 Å². The fraction of sp³-hybridized carbons (Fsp3) is 0.167. The van der Waals surface area contributed by atoms with Gasteiger partial charge in [0.1, 0.15) is 17.1 Å². The molecule has 7 heteroatoms. The van der Waals surface area contributed by atoms with E-state index in [1.807, 2.05) is 0 Å². The highest BCUT2D eigenvalue weighted by Crippen LogP contribution is 2.19. The molecule has 2 aromatic rings. The smallest absolute Gasteiger partial charge is 0.342 e. The maximum atomic E-state index is 14.0. The Bertz CT molecular complexity index is 819. The van der Waals surface area contributed by atoms with Crippen molar-refractivity contribution in [3.05, 3.63) is 59.4 Å². The first-order chi connectivity index (χ1) is 11.9. The number of Topliss-reactive ketones (excluding diaryl/α,β-unsaturated/α-hetero) is 1. The van der Waals surface area contributed by atoms with Crippen LogP contribution in [0.25, 0.3) is 0 Å². The zero-order valence-electron chi connectivity index (χ0n) is 13.7. The average Bonchev–Trinajstić information content (AvgIpc) is 2.58. The number of amides is 1. The molecule has 0 heterocycles. The Kier molecular flexibility index (Phi) is 5.84. The van der Waals surface area contributed by atoms with Gasteiger partial charge in [-0.25, -0.2) is 9.18 Å². The SMILES string of the molecule is COc1ccccc1C(=O)OCC(=O)c1ccc(NC(C)=O)cc1F. The van der Waals surface area contributed by atoms with Gasteiger partial charge in [0.2, 0.25) is 11.7 Å². The third-order valence-electron chi connectivity index (χ3n) is 3.25. The molecule has 0 spiro atoms. The van der Waals surface area contributed by atoms with Crippen LogP contribution in [0.15, 0.2) is 42.5 Å². The van der Waals surface area contributed by atoms with Gasteiger partial charge in [-0.05, 0) is 30.3 Å². The summed E-state index contributed by atoms with van der Waals surface area (Å²) in [4.78, 5) is 35.0. The van der Waals surface area contributed by atoms with Crippen LogP contribution in [0.1, 0.15) is 27.6 Å². The summed E-state index contributed by atoms with van der Waals surface area (Å²) in [5, 5.41) is 2.41. The fourth-order valence-electron chi connectivity index (χ4n) is 2.12. The van der Waals surface area contributed by atoms with Crippen LogP contribution in [0.4, 0.5) is 10.1 Å². The first kappa shape index (κ1) is 18.1. The molecule has 0 aromatic heterocycles. The first-order valence-corrected chi connectivity index (χ1v) is 7.33. The van der Waals surface area contributed by atoms with Gasteiger partial charge in [0.25, 0.3) is 0 Å². The monoisotopic (exact) mass is 345 g/mol. The third kappa shape index (κ3) is 4.63. The predicted molar refractivity (Wildman–Crippen MR) is 88.3 cm³/mol. The largest absolute Gasteiger partial charge is 0.496 e. The van der Waals surface area contributed by atoms with Crippen LogP contribution in [-0.2, 0) is 9.53 Å². The molecule has 0 unspecified atom stereocenters. The Balaban J connectivity index is 2.05. The minimum absolute atomic E-state index is 0.166. The molecular formula is C18H16FNO5. The lowest BCUT2D eigenvalue weighted by molar-refractivity contribution is -0.114. The van der Waals surface area contributed by atoms with Gasteiger partial charge in [-0.2, -0.15) is 0 Å². The van der Waals surface area contributed by atoms with Gasteiger partial charge < -0.3 is 14.8 Å². The van der Waals surface area contributed by atoms with Crippen molar-refractivity contribution >= 4 is 23.3 Å². The number of carbonyl (C=O) groups excluding carboxylic acids is 3. The number of esters is 1. The van der Waals surface area contributed by atoms with Gasteiger partial charge in [0.15, 0.2) is 6.61 Å². The summed E-state index contributed by atoms with van der Waals surface area (Å²) in [6.07, 6.45) is 0. The van der Waals surface area contributed by atoms with Crippen molar-refractivity contribution in [2.24, 2.45) is 0 Å². The Hall–Kier alpha value is -3.22. The molecule has 130 valence electrons. The van der Waals surface area contributed by atoms with E-state index in [2.05, 4.69) is 5.32 Å². The standard InChI is InChI=1S/C18H16FNO5/c1-11(21)20-12-7-8-13(15(19)9-12)16(22)10-25-18(23)14-5-3-4-6-17(14)24-2/h3-9H,10H2,1-2H3,(H,20,21). The van der Waals surface area contributed by atoms with Gasteiger partial charge in [-0.1, -0.05) is 12.1 Å². The number of methoxy groups -OCH3 is 1. The number of hydrogen-bond donors (Lipinski definition) is 1. The maximum Gasteiger partial charge on any atom is 0.342 e. The molecule has 0 bridgehead atoms. The minimum Gasteiger partial charge on any atom is -0.496 e. The van der Waals surface area contributed by atoms with Crippen molar-refractivity contribution in [2.45, 2.75) is 6.92 Å². The molecule has 0 atom stereocenters. The molecule has 0 aliphatic rings. The molecule has 2 aromatic carbocycles. The number of para-hydroxylation sites is 1. The molecule has 0 saturated carbocycles. The molecule has 1 amide bonds. The van der Waals surface area contributed by atoms with Crippen LogP contribution in [-0.4, -0.2) is 31.4 Å². The van der Waals surface area contributed by atoms with E-state index in [4.69, 9.17) is 9.47 Å². The van der Waals surface area contributed by atoms with Gasteiger partial charge in [-0.3, -0.25) is 9.59 Å². The Morgan fingerprint density at radius 3 is 2.44 bits per heavy atom. The maximum absolute atomic E-state index is 14.0. The zero-order chi connectivity index (χ0) is 18.4. The van der Waals surface area contributed by atoms with Crippen LogP contribution >= 0.6 is 0 Å². The van der Waals surface area contributed by atoms with E-state index in [-0.39, 0.29) is 22.7 Å². The van der Waals surface area contributed by atoms with Gasteiger partial charge in [0, 0.05) is 12.6 Å². The van der Waals surface area contributed by atoms with Crippen molar-refractivity contribution in [3.63, 3.8) is 0 Å². The lowest BCUT2D eigenvalue weighted by Crippen LogP contribution is -2.16. The highest BCUT2D eigenvalue weighted by molar-refractivity contribution is 6.00. The van der Waals surface area contributed by atoms with Crippen molar-refractivity contribution in [3.8, 4) is 5.75 Å². The summed E-state index contributed by atoms with van der Waals surface area (Å²) in [6, 6.07) is 10.0. The van der Waals surface area contributed by atoms with E-state index in [1.54, 1.807) is 18.2 Å². The molecule has 0 fully saturated rings. The van der Waals surface area contributed by atoms with Gasteiger partial charge in [-0.15, -0.1) is 0 Å². The molecule has 2 rings (SSSR count). The van der Waals surface area contributed by atoms with Crippen molar-refractivity contribution in [1.82, 2.24) is 0 Å². The number of ether oxygens (including phenoxy) is 2. The summed E-state index contributed by atoms with van der Waals surface area (Å²) in [5.74, 6) is -2.31. The van der Waals surface area contributed by atoms with E-state index in [9.17, 15) is 18.8 Å². The van der Waals surface area contributed by atoms with Crippen LogP contribution < -0.4 is 10.1 Å². The van der Waals surface area contributed by atoms with Crippen molar-refractivity contribution < 1.29 is 28.2 Å². The number of benzene rings is 2. The second-order valence-corrected chi connectivity index (χ2v) is 5.08. The van der Waals surface area contributed by atoms with Gasteiger partial charge in [0.05, 0.1) is 12.7 Å². The number of anilines is 1. The molecule has 0 saturated heterocycles. The van der Waals surface area contributed by atoms with Crippen LogP contribution in [0.2, 0.25) is 0 Å². The summed E-state index contributed by atoms with van der Waals surface area (Å²) in [5.41, 5.74) is 0.161. The number of ketones is 1. The lowest BCUT2D eigenvalue weighted by atomic mass is 10.1. The quantitative estimate of drug-likeness (QED) is 0.643. The minimum atomic E-state index is -0.815. The molecule has 25 heavy (non-hydrogen) atoms. The van der Waals surface area contributed by atoms with E-state index >= 15 is 0 Å². The van der Waals surface area contributed by atoms with Crippen LogP contribution in [0.3, 0.4) is 0 Å². The van der Waals surface area contributed by atoms with Gasteiger partial charge >= 0.3 is 5.97 Å². The average molecular weight is 345 g/mol. The molecule has 6 nitrogen and oxygen atoms in total. The molecule has 1 N–H and O–H groups in total. The molecule has 0 radical (unpaired) electrons. The Morgan fingerprint density at radius 2 is 1.80 bits per heavy atom. The van der Waals surface area contributed by atoms with E-state index in [1.165, 1.54) is 32.2 Å². The van der Waals surface area contributed by atoms with E-state index in [0.29, 0.717) is 5.75 Å². The molecular weight excluding hydrogens is 329 g/mol. The second kappa shape index (κ2) is 8.05. The number of carbonyl (C=O) groups is 3. The van der Waals surface area contributed by atoms with E-state index < -0.39 is 24.2 Å². The summed E-state index contributed by atoms with van der Waals surface area (Å²) < 4.78 is 24.0. The summed E-state index contributed by atoms with van der Waals surface area (Å²) in [6.45, 7) is 0.668. The second-order valence-electron chi connectivity index (χ2n) is 5.08. The fourth-order valence-corrected chi connectivity index (χ4v) is 2.12. The highest BCUT2D eigenvalue weighted by Gasteiger charge is 2.18. The normalized spacial score (nSPS) is 10.0. The number of nitrogens with one attached hydrogen (secondary N) is 1. The molecule has 0 aliphatic carbocycles. The number of rotatable bonds is 6. The highest BCUT2D eigenvalue weighted by atomic mass is 19.1. The first-order valence-electron chi connectivity index (χ1n) is 7.33. The van der Waals surface area contributed by atoms with Crippen molar-refractivity contribution in [1.29, 1.82) is 0 Å². The summed E-state index contributed by atoms with van der Waals surface area (Å²) in [7, 11) is 1.41. The number of hydrogen-bond acceptors (Lipinski definition) is 5. The van der Waals surface area contributed by atoms with Crippen LogP contribution in [0.5, 0.6) is 5.75 Å².